The van der Waals surface area contributed by atoms with E-state index in [1.807, 2.05) is 0 Å². The van der Waals surface area contributed by atoms with Gasteiger partial charge in [-0.15, -0.1) is 0 Å². The summed E-state index contributed by atoms with van der Waals surface area (Å²) < 4.78 is 61.4. The Hall–Kier alpha value is -3.35. The summed E-state index contributed by atoms with van der Waals surface area (Å²) in [5.74, 6) is -3.84. The highest BCUT2D eigenvalue weighted by molar-refractivity contribution is 7.46. The van der Waals surface area contributed by atoms with Crippen molar-refractivity contribution in [3.63, 3.8) is 0 Å². The summed E-state index contributed by atoms with van der Waals surface area (Å²) in [5, 5.41) is 51.8. The Kier molecular flexibility index (Phi) is 72.2. The number of carbonyl (C=O) groups is 6. The van der Waals surface area contributed by atoms with E-state index in [1.54, 1.807) is 0 Å². The normalized spacial score (nSPS) is 20.2. The molecular weight excluding hydrogens is 1550 g/mol. The van der Waals surface area contributed by atoms with Crippen LogP contribution in [0, 0.1) is 0 Å². The second kappa shape index (κ2) is 76.8. The number of carbonyl (C=O) groups excluding carboxylic acids is 6. The number of hydrogen-bond acceptors (Lipinski definition) is 19. The summed E-state index contributed by atoms with van der Waals surface area (Å²) >= 11 is 0. The number of phosphoric acid groups is 1. The van der Waals surface area contributed by atoms with Crippen LogP contribution < -0.4 is 10.6 Å². The van der Waals surface area contributed by atoms with Crippen LogP contribution in [0.4, 0.5) is 0 Å². The first-order valence-electron chi connectivity index (χ1n) is 49.9. The predicted octanol–water partition coefficient (Wildman–Crippen LogP) is 22.3. The molecule has 2 aliphatic heterocycles. The van der Waals surface area contributed by atoms with Gasteiger partial charge in [-0.3, -0.25) is 33.3 Å². The molecule has 10 unspecified atom stereocenters. The summed E-state index contributed by atoms with van der Waals surface area (Å²) in [6.45, 7) is 11.4. The molecule has 0 radical (unpaired) electrons. The van der Waals surface area contributed by atoms with E-state index in [1.165, 1.54) is 173 Å². The lowest BCUT2D eigenvalue weighted by Crippen LogP contribution is -2.67. The molecule has 0 aromatic heterocycles. The molecule has 2 heterocycles. The van der Waals surface area contributed by atoms with Crippen molar-refractivity contribution in [2.24, 2.45) is 0 Å². The Morgan fingerprint density at radius 3 is 0.900 bits per heavy atom. The Morgan fingerprint density at radius 1 is 0.333 bits per heavy atom. The first kappa shape index (κ1) is 113. The molecule has 706 valence electrons. The van der Waals surface area contributed by atoms with Crippen molar-refractivity contribution in [3.05, 3.63) is 0 Å². The van der Waals surface area contributed by atoms with Crippen molar-refractivity contribution in [1.29, 1.82) is 0 Å². The van der Waals surface area contributed by atoms with Gasteiger partial charge < -0.3 is 74.0 Å². The molecule has 0 aliphatic carbocycles. The number of aliphatic hydroxyl groups is 4. The van der Waals surface area contributed by atoms with E-state index >= 15 is 0 Å². The summed E-state index contributed by atoms with van der Waals surface area (Å²) in [7, 11) is -5.58. The average molecular weight is 1730 g/mol. The van der Waals surface area contributed by atoms with Crippen LogP contribution >= 0.6 is 7.82 Å². The van der Waals surface area contributed by atoms with Crippen molar-refractivity contribution in [1.82, 2.24) is 10.6 Å². The zero-order chi connectivity index (χ0) is 87.7. The van der Waals surface area contributed by atoms with E-state index in [-0.39, 0.29) is 32.1 Å². The van der Waals surface area contributed by atoms with Crippen molar-refractivity contribution in [2.75, 3.05) is 13.2 Å². The number of rotatable bonds is 84. The maximum atomic E-state index is 15.0. The van der Waals surface area contributed by atoms with Crippen molar-refractivity contribution >= 4 is 43.5 Å². The number of unbranched alkanes of at least 4 members (excludes halogenated alkanes) is 54. The quantitative estimate of drug-likeness (QED) is 0.0121. The fourth-order valence-corrected chi connectivity index (χ4v) is 17.3. The minimum atomic E-state index is -5.58. The largest absolute Gasteiger partial charge is 0.470 e. The van der Waals surface area contributed by atoms with E-state index < -0.39 is 149 Å². The molecule has 2 aliphatic rings. The van der Waals surface area contributed by atoms with Crippen LogP contribution in [-0.4, -0.2) is 159 Å². The van der Waals surface area contributed by atoms with E-state index in [2.05, 4.69) is 52.2 Å². The molecular formula is C96H181N2O21P. The van der Waals surface area contributed by atoms with Crippen LogP contribution in [-0.2, 0) is 71.0 Å². The van der Waals surface area contributed by atoms with Gasteiger partial charge >= 0.3 is 31.7 Å². The third-order valence-corrected chi connectivity index (χ3v) is 24.6. The van der Waals surface area contributed by atoms with E-state index in [4.69, 9.17) is 37.7 Å². The van der Waals surface area contributed by atoms with E-state index in [0.717, 1.165) is 173 Å². The van der Waals surface area contributed by atoms with Gasteiger partial charge in [0, 0.05) is 19.3 Å². The fourth-order valence-electron chi connectivity index (χ4n) is 16.7. The maximum absolute atomic E-state index is 15.0. The van der Waals surface area contributed by atoms with Gasteiger partial charge in [-0.25, -0.2) is 4.57 Å². The zero-order valence-corrected chi connectivity index (χ0v) is 77.9. The highest BCUT2D eigenvalue weighted by atomic mass is 31.2. The van der Waals surface area contributed by atoms with Crippen molar-refractivity contribution in [3.8, 4) is 0 Å². The Morgan fingerprint density at radius 2 is 0.608 bits per heavy atom. The van der Waals surface area contributed by atoms with Crippen LogP contribution in [0.5, 0.6) is 0 Å². The molecule has 13 atom stereocenters. The molecule has 23 nitrogen and oxygen atoms in total. The third-order valence-electron chi connectivity index (χ3n) is 24.1. The van der Waals surface area contributed by atoms with Gasteiger partial charge in [0.1, 0.15) is 60.9 Å². The smallest absolute Gasteiger partial charge is 0.462 e. The number of phosphoric ester groups is 1. The molecule has 0 aromatic rings. The molecule has 2 saturated heterocycles. The van der Waals surface area contributed by atoms with Crippen LogP contribution in [0.2, 0.25) is 0 Å². The van der Waals surface area contributed by atoms with Gasteiger partial charge in [0.05, 0.1) is 32.5 Å². The van der Waals surface area contributed by atoms with E-state index in [9.17, 15) is 63.5 Å². The van der Waals surface area contributed by atoms with Crippen LogP contribution in [0.3, 0.4) is 0 Å². The van der Waals surface area contributed by atoms with Crippen LogP contribution in [0.1, 0.15) is 485 Å². The molecule has 0 saturated carbocycles. The average Bonchev–Trinajstić information content (AvgIpc) is 0.777. The van der Waals surface area contributed by atoms with Gasteiger partial charge in [0.2, 0.25) is 11.8 Å². The number of amides is 2. The minimum absolute atomic E-state index is 0.124. The second-order valence-electron chi connectivity index (χ2n) is 35.5. The second-order valence-corrected chi connectivity index (χ2v) is 36.7. The molecule has 0 spiro atoms. The molecule has 8 N–H and O–H groups in total. The Labute approximate surface area is 729 Å². The molecule has 2 rings (SSSR count). The van der Waals surface area contributed by atoms with Crippen molar-refractivity contribution < 1.29 is 101 Å². The summed E-state index contributed by atoms with van der Waals surface area (Å²) in [4.78, 5) is 106. The molecule has 0 bridgehead atoms. The van der Waals surface area contributed by atoms with Crippen LogP contribution in [0.25, 0.3) is 0 Å². The minimum Gasteiger partial charge on any atom is -0.462 e. The standard InChI is InChI=1S/C96H181N2O21P/c1-7-13-19-25-31-37-39-40-42-48-54-59-65-70-85(102)113-78(67-61-55-49-43-33-27-21-15-9-3)73-83(100)97-89-92(107)91(106)82(116-95(89)108)77-112-96-90(98-84(101)74-79(68-62-56-50-44-34-28-22-16-10-4)114-86(103)71-64-58-52-46-36-30-24-18-12-6)94(93(81(76-99)117-96)119-120(109,110)111)118-88(105)75-80(69-63-57-51-45-35-29-23-17-11-5)115-87(104)72-66-60-53-47-41-38-32-26-20-14-8-2/h78-82,89-96,99,106-108H,7-77H2,1-6H3,(H,97,100)(H,98,101)(H2,109,110,111)/t78-,79-,80-,81?,82?,89?,90?,91?,92?,93?,94?,95?,96?/m1/s1. The highest BCUT2D eigenvalue weighted by Crippen LogP contribution is 2.43. The SMILES string of the molecule is CCCCCCCCCCCCCCCC(=O)O[C@H](CCCCCCCCCCC)CC(=O)NC1C(O)OC(COC2OC(CO)C(OP(=O)(O)O)C(OC(=O)C[C@@H](CCCCCCCCCCC)OC(=O)CCCCCCCCCCCCC)C2NC(=O)C[C@@H](CCCCCCCCCCC)OC(=O)CCCCCCCCCCC)C(O)C1O. The first-order valence-corrected chi connectivity index (χ1v) is 51.4. The number of hydrogen-bond donors (Lipinski definition) is 8. The summed E-state index contributed by atoms with van der Waals surface area (Å²) in [6, 6.07) is -3.37. The molecule has 2 fully saturated rings. The monoisotopic (exact) mass is 1730 g/mol. The van der Waals surface area contributed by atoms with Gasteiger partial charge in [-0.2, -0.15) is 0 Å². The van der Waals surface area contributed by atoms with Crippen LogP contribution in [0.15, 0.2) is 0 Å². The molecule has 0 aromatic carbocycles. The fraction of sp³-hybridized carbons (Fsp3) is 0.938. The van der Waals surface area contributed by atoms with Gasteiger partial charge in [0.25, 0.3) is 0 Å². The highest BCUT2D eigenvalue weighted by Gasteiger charge is 2.53. The lowest BCUT2D eigenvalue weighted by Gasteiger charge is -2.46. The third kappa shape index (κ3) is 60.3. The van der Waals surface area contributed by atoms with Gasteiger partial charge in [-0.1, -0.05) is 388 Å². The lowest BCUT2D eigenvalue weighted by molar-refractivity contribution is -0.297. The van der Waals surface area contributed by atoms with Crippen molar-refractivity contribution in [2.45, 2.75) is 564 Å². The van der Waals surface area contributed by atoms with E-state index in [0.29, 0.717) is 51.4 Å². The maximum Gasteiger partial charge on any atom is 0.470 e. The number of nitrogens with one attached hydrogen (secondary N) is 2. The molecule has 120 heavy (non-hydrogen) atoms. The first-order chi connectivity index (χ1) is 58.2. The van der Waals surface area contributed by atoms with Gasteiger partial charge in [0.15, 0.2) is 18.7 Å². The lowest BCUT2D eigenvalue weighted by atomic mass is 9.95. The predicted molar refractivity (Wildman–Crippen MR) is 478 cm³/mol. The summed E-state index contributed by atoms with van der Waals surface area (Å²) in [6.07, 6.45) is 46.8. The number of ether oxygens (including phenoxy) is 7. The summed E-state index contributed by atoms with van der Waals surface area (Å²) in [5.41, 5.74) is 0. The van der Waals surface area contributed by atoms with Gasteiger partial charge in [-0.05, 0) is 57.8 Å². The Bertz CT molecular complexity index is 2510. The Balaban J connectivity index is 2.56. The number of aliphatic hydroxyl groups excluding tert-OH is 4. The molecule has 2 amide bonds. The number of esters is 4. The zero-order valence-electron chi connectivity index (χ0n) is 77.0. The topological polar surface area (TPSA) is 339 Å². The molecule has 24 heteroatoms.